The van der Waals surface area contributed by atoms with Crippen LogP contribution in [-0.2, 0) is 0 Å². The van der Waals surface area contributed by atoms with Crippen molar-refractivity contribution in [3.63, 3.8) is 0 Å². The minimum absolute atomic E-state index is 0.328. The summed E-state index contributed by atoms with van der Waals surface area (Å²) in [7, 11) is 0. The molecule has 2 N–H and O–H groups in total. The molecule has 1 aliphatic rings. The van der Waals surface area contributed by atoms with Gasteiger partial charge in [-0.3, -0.25) is 0 Å². The van der Waals surface area contributed by atoms with Crippen LogP contribution < -0.4 is 5.32 Å². The van der Waals surface area contributed by atoms with Crippen molar-refractivity contribution in [2.45, 2.75) is 38.6 Å². The van der Waals surface area contributed by atoms with Gasteiger partial charge < -0.3 is 10.4 Å². The van der Waals surface area contributed by atoms with E-state index in [1.807, 2.05) is 12.1 Å². The van der Waals surface area contributed by atoms with Gasteiger partial charge in [0.15, 0.2) is 0 Å². The largest absolute Gasteiger partial charge is 0.508 e. The minimum atomic E-state index is 0.328. The summed E-state index contributed by atoms with van der Waals surface area (Å²) in [5.74, 6) is 1.15. The first-order valence-electron chi connectivity index (χ1n) is 5.81. The van der Waals surface area contributed by atoms with Crippen molar-refractivity contribution in [2.24, 2.45) is 5.92 Å². The molecule has 82 valence electrons. The lowest BCUT2D eigenvalue weighted by Gasteiger charge is -2.21. The Bertz CT molecular complexity index is 301. The number of rotatable bonds is 3. The second-order valence-electron chi connectivity index (χ2n) is 4.52. The predicted octanol–water partition coefficient (Wildman–Crippen LogP) is 3.38. The van der Waals surface area contributed by atoms with Crippen molar-refractivity contribution in [2.75, 3.05) is 5.32 Å². The predicted molar refractivity (Wildman–Crippen MR) is 63.1 cm³/mol. The number of phenolic OH excluding ortho intramolecular Hbond substituents is 1. The Labute approximate surface area is 91.3 Å². The number of benzene rings is 1. The molecule has 2 rings (SSSR count). The van der Waals surface area contributed by atoms with Crippen LogP contribution in [0.15, 0.2) is 24.3 Å². The molecule has 0 heterocycles. The van der Waals surface area contributed by atoms with Crippen molar-refractivity contribution < 1.29 is 5.11 Å². The van der Waals surface area contributed by atoms with E-state index in [1.54, 1.807) is 12.1 Å². The maximum absolute atomic E-state index is 9.17. The molecule has 0 bridgehead atoms. The number of hydrogen-bond donors (Lipinski definition) is 2. The van der Waals surface area contributed by atoms with E-state index in [0.717, 1.165) is 11.6 Å². The van der Waals surface area contributed by atoms with Gasteiger partial charge in [-0.1, -0.05) is 12.8 Å². The van der Waals surface area contributed by atoms with Crippen molar-refractivity contribution in [3.05, 3.63) is 24.3 Å². The fraction of sp³-hybridized carbons (Fsp3) is 0.538. The maximum atomic E-state index is 9.17. The maximum Gasteiger partial charge on any atom is 0.115 e. The van der Waals surface area contributed by atoms with Gasteiger partial charge in [0, 0.05) is 11.7 Å². The molecule has 1 aromatic rings. The molecule has 0 saturated heterocycles. The second-order valence-corrected chi connectivity index (χ2v) is 4.52. The summed E-state index contributed by atoms with van der Waals surface area (Å²) in [6.45, 7) is 2.25. The summed E-state index contributed by atoms with van der Waals surface area (Å²) in [6.07, 6.45) is 5.47. The Hall–Kier alpha value is -1.18. The lowest BCUT2D eigenvalue weighted by molar-refractivity contribution is 0.474. The van der Waals surface area contributed by atoms with Crippen LogP contribution in [0.3, 0.4) is 0 Å². The summed E-state index contributed by atoms with van der Waals surface area (Å²) in [5, 5.41) is 12.7. The molecule has 2 heteroatoms. The van der Waals surface area contributed by atoms with Gasteiger partial charge in [0.25, 0.3) is 0 Å². The van der Waals surface area contributed by atoms with Crippen LogP contribution in [0.2, 0.25) is 0 Å². The molecule has 1 fully saturated rings. The Morgan fingerprint density at radius 1 is 1.20 bits per heavy atom. The quantitative estimate of drug-likeness (QED) is 0.741. The zero-order valence-electron chi connectivity index (χ0n) is 9.24. The lowest BCUT2D eigenvalue weighted by atomic mass is 9.99. The average Bonchev–Trinajstić information content (AvgIpc) is 2.74. The topological polar surface area (TPSA) is 32.3 Å². The van der Waals surface area contributed by atoms with E-state index in [4.69, 9.17) is 0 Å². The van der Waals surface area contributed by atoms with Gasteiger partial charge in [-0.15, -0.1) is 0 Å². The molecule has 0 spiro atoms. The van der Waals surface area contributed by atoms with Crippen LogP contribution in [0.1, 0.15) is 32.6 Å². The van der Waals surface area contributed by atoms with Gasteiger partial charge in [-0.25, -0.2) is 0 Å². The Balaban J connectivity index is 1.92. The molecular weight excluding hydrogens is 186 g/mol. The summed E-state index contributed by atoms with van der Waals surface area (Å²) < 4.78 is 0. The van der Waals surface area contributed by atoms with Gasteiger partial charge in [0.2, 0.25) is 0 Å². The summed E-state index contributed by atoms with van der Waals surface area (Å²) >= 11 is 0. The first-order valence-corrected chi connectivity index (χ1v) is 5.81. The van der Waals surface area contributed by atoms with E-state index < -0.39 is 0 Å². The van der Waals surface area contributed by atoms with Crippen LogP contribution in [0.25, 0.3) is 0 Å². The summed E-state index contributed by atoms with van der Waals surface area (Å²) in [6, 6.07) is 7.85. The van der Waals surface area contributed by atoms with Gasteiger partial charge in [0.1, 0.15) is 5.75 Å². The smallest absolute Gasteiger partial charge is 0.115 e. The number of anilines is 1. The molecule has 1 aliphatic carbocycles. The molecule has 1 aromatic carbocycles. The summed E-state index contributed by atoms with van der Waals surface area (Å²) in [4.78, 5) is 0. The van der Waals surface area contributed by atoms with E-state index in [1.165, 1.54) is 25.7 Å². The van der Waals surface area contributed by atoms with Crippen LogP contribution in [-0.4, -0.2) is 11.1 Å². The number of hydrogen-bond acceptors (Lipinski definition) is 2. The van der Waals surface area contributed by atoms with Crippen LogP contribution in [0.4, 0.5) is 5.69 Å². The normalized spacial score (nSPS) is 19.0. The van der Waals surface area contributed by atoms with Gasteiger partial charge in [-0.05, 0) is 49.9 Å². The fourth-order valence-corrected chi connectivity index (χ4v) is 2.40. The Morgan fingerprint density at radius 3 is 2.40 bits per heavy atom. The Morgan fingerprint density at radius 2 is 1.80 bits per heavy atom. The molecule has 1 atom stereocenters. The van der Waals surface area contributed by atoms with E-state index in [-0.39, 0.29) is 0 Å². The molecule has 0 aliphatic heterocycles. The van der Waals surface area contributed by atoms with E-state index in [9.17, 15) is 5.11 Å². The highest BCUT2D eigenvalue weighted by Crippen LogP contribution is 2.29. The molecule has 0 aromatic heterocycles. The monoisotopic (exact) mass is 205 g/mol. The first-order chi connectivity index (χ1) is 7.25. The highest BCUT2D eigenvalue weighted by molar-refractivity contribution is 5.46. The minimum Gasteiger partial charge on any atom is -0.508 e. The van der Waals surface area contributed by atoms with Crippen LogP contribution in [0, 0.1) is 5.92 Å². The number of phenols is 1. The molecule has 15 heavy (non-hydrogen) atoms. The van der Waals surface area contributed by atoms with Gasteiger partial charge in [-0.2, -0.15) is 0 Å². The lowest BCUT2D eigenvalue weighted by Crippen LogP contribution is -2.23. The molecule has 0 radical (unpaired) electrons. The van der Waals surface area contributed by atoms with Crippen molar-refractivity contribution in [3.8, 4) is 5.75 Å². The highest BCUT2D eigenvalue weighted by Gasteiger charge is 2.21. The van der Waals surface area contributed by atoms with Gasteiger partial charge >= 0.3 is 0 Å². The summed E-state index contributed by atoms with van der Waals surface area (Å²) in [5.41, 5.74) is 1.10. The van der Waals surface area contributed by atoms with Crippen molar-refractivity contribution in [1.29, 1.82) is 0 Å². The van der Waals surface area contributed by atoms with Crippen LogP contribution >= 0.6 is 0 Å². The SMILES string of the molecule is CC(Nc1ccc(O)cc1)C1CCCC1. The van der Waals surface area contributed by atoms with Gasteiger partial charge in [0.05, 0.1) is 0 Å². The second kappa shape index (κ2) is 4.56. The van der Waals surface area contributed by atoms with Crippen molar-refractivity contribution in [1.82, 2.24) is 0 Å². The molecular formula is C13H19NO. The van der Waals surface area contributed by atoms with Crippen LogP contribution in [0.5, 0.6) is 5.75 Å². The third kappa shape index (κ3) is 2.65. The fourth-order valence-electron chi connectivity index (χ4n) is 2.40. The molecule has 0 amide bonds. The number of aromatic hydroxyl groups is 1. The zero-order valence-corrected chi connectivity index (χ0v) is 9.24. The highest BCUT2D eigenvalue weighted by atomic mass is 16.3. The molecule has 1 saturated carbocycles. The first kappa shape index (κ1) is 10.3. The van der Waals surface area contributed by atoms with E-state index in [2.05, 4.69) is 12.2 Å². The molecule has 2 nitrogen and oxygen atoms in total. The number of nitrogens with one attached hydrogen (secondary N) is 1. The third-order valence-electron chi connectivity index (χ3n) is 3.37. The average molecular weight is 205 g/mol. The van der Waals surface area contributed by atoms with E-state index in [0.29, 0.717) is 11.8 Å². The van der Waals surface area contributed by atoms with Crippen molar-refractivity contribution >= 4 is 5.69 Å². The standard InChI is InChI=1S/C13H19NO/c1-10(11-4-2-3-5-11)14-12-6-8-13(15)9-7-12/h6-11,14-15H,2-5H2,1H3. The van der Waals surface area contributed by atoms with E-state index >= 15 is 0 Å². The molecule has 1 unspecified atom stereocenters. The Kier molecular flexibility index (Phi) is 3.14. The zero-order chi connectivity index (χ0) is 10.7. The third-order valence-corrected chi connectivity index (χ3v) is 3.37.